The first kappa shape index (κ1) is 21.4. The molecule has 9 nitrogen and oxygen atoms in total. The number of rotatable bonds is 7. The number of methoxy groups -OCH3 is 2. The van der Waals surface area contributed by atoms with E-state index in [1.54, 1.807) is 22.5 Å². The second-order valence-corrected chi connectivity index (χ2v) is 9.53. The van der Waals surface area contributed by atoms with Gasteiger partial charge in [0.1, 0.15) is 0 Å². The number of benzene rings is 1. The van der Waals surface area contributed by atoms with Crippen LogP contribution in [0.15, 0.2) is 18.2 Å². The molecule has 1 aliphatic carbocycles. The van der Waals surface area contributed by atoms with E-state index in [4.69, 9.17) is 9.47 Å². The van der Waals surface area contributed by atoms with E-state index in [0.29, 0.717) is 49.7 Å². The van der Waals surface area contributed by atoms with Crippen LogP contribution in [0, 0.1) is 5.92 Å². The van der Waals surface area contributed by atoms with Gasteiger partial charge in [0.25, 0.3) is 0 Å². The van der Waals surface area contributed by atoms with Crippen LogP contribution in [0.1, 0.15) is 25.7 Å². The van der Waals surface area contributed by atoms with Crippen LogP contribution in [0.3, 0.4) is 0 Å². The van der Waals surface area contributed by atoms with Crippen molar-refractivity contribution in [1.82, 2.24) is 9.62 Å². The van der Waals surface area contributed by atoms with E-state index >= 15 is 0 Å². The monoisotopic (exact) mass is 425 g/mol. The normalized spacial score (nSPS) is 18.1. The predicted octanol–water partition coefficient (Wildman–Crippen LogP) is 0.963. The van der Waals surface area contributed by atoms with Crippen molar-refractivity contribution in [3.63, 3.8) is 0 Å². The predicted molar refractivity (Wildman–Crippen MR) is 107 cm³/mol. The molecule has 0 bridgehead atoms. The molecule has 1 aliphatic heterocycles. The van der Waals surface area contributed by atoms with Gasteiger partial charge in [-0.3, -0.25) is 9.59 Å². The fourth-order valence-corrected chi connectivity index (χ4v) is 5.24. The van der Waals surface area contributed by atoms with Crippen LogP contribution in [0.4, 0.5) is 5.69 Å². The van der Waals surface area contributed by atoms with Crippen molar-refractivity contribution < 1.29 is 27.5 Å². The first-order valence-electron chi connectivity index (χ1n) is 9.65. The summed E-state index contributed by atoms with van der Waals surface area (Å²) in [7, 11) is -0.147. The minimum Gasteiger partial charge on any atom is -0.493 e. The zero-order valence-corrected chi connectivity index (χ0v) is 17.5. The molecule has 2 N–H and O–H groups in total. The maximum atomic E-state index is 12.3. The fourth-order valence-electron chi connectivity index (χ4n) is 3.36. The van der Waals surface area contributed by atoms with Crippen molar-refractivity contribution in [2.75, 3.05) is 39.2 Å². The topological polar surface area (TPSA) is 114 Å². The Morgan fingerprint density at radius 1 is 1.03 bits per heavy atom. The van der Waals surface area contributed by atoms with Crippen LogP contribution in [-0.2, 0) is 19.6 Å². The van der Waals surface area contributed by atoms with Crippen LogP contribution in [0.25, 0.3) is 0 Å². The molecule has 0 atom stereocenters. The second-order valence-electron chi connectivity index (χ2n) is 7.32. The molecule has 0 radical (unpaired) electrons. The van der Waals surface area contributed by atoms with E-state index in [2.05, 4.69) is 10.6 Å². The third kappa shape index (κ3) is 5.18. The number of nitrogens with zero attached hydrogens (tertiary/aromatic N) is 1. The quantitative estimate of drug-likeness (QED) is 0.629. The van der Waals surface area contributed by atoms with Crippen LogP contribution < -0.4 is 20.1 Å². The molecule has 29 heavy (non-hydrogen) atoms. The van der Waals surface area contributed by atoms with Gasteiger partial charge in [-0.05, 0) is 43.7 Å². The molecular formula is C19H27N3O6S. The second kappa shape index (κ2) is 9.00. The van der Waals surface area contributed by atoms with Crippen LogP contribution >= 0.6 is 0 Å². The number of amides is 2. The summed E-state index contributed by atoms with van der Waals surface area (Å²) in [5.41, 5.74) is 0.418. The number of ether oxygens (including phenoxy) is 2. The largest absolute Gasteiger partial charge is 0.493 e. The van der Waals surface area contributed by atoms with Gasteiger partial charge in [-0.25, -0.2) is 12.7 Å². The highest BCUT2D eigenvalue weighted by Gasteiger charge is 2.41. The minimum absolute atomic E-state index is 0.151. The number of anilines is 1. The number of sulfonamides is 1. The SMILES string of the molecule is COc1ccc(NC(=O)C(=O)NCC2CCN(S(=O)(=O)C3CC3)CC2)cc1OC. The lowest BCUT2D eigenvalue weighted by Crippen LogP contribution is -2.44. The standard InChI is InChI=1S/C19H27N3O6S/c1-27-16-6-3-14(11-17(16)28-2)21-19(24)18(23)20-12-13-7-9-22(10-8-13)29(25,26)15-4-5-15/h3,6,11,13,15H,4-5,7-10,12H2,1-2H3,(H,20,23)(H,21,24). The molecule has 2 amide bonds. The maximum absolute atomic E-state index is 12.3. The summed E-state index contributed by atoms with van der Waals surface area (Å²) in [4.78, 5) is 24.2. The molecular weight excluding hydrogens is 398 g/mol. The zero-order valence-electron chi connectivity index (χ0n) is 16.6. The van der Waals surface area contributed by atoms with Crippen molar-refractivity contribution in [3.05, 3.63) is 18.2 Å². The summed E-state index contributed by atoms with van der Waals surface area (Å²) in [6, 6.07) is 4.82. The Kier molecular flexibility index (Phi) is 6.63. The molecule has 0 spiro atoms. The molecule has 1 saturated heterocycles. The molecule has 1 aromatic rings. The highest BCUT2D eigenvalue weighted by molar-refractivity contribution is 7.90. The summed E-state index contributed by atoms with van der Waals surface area (Å²) in [5, 5.41) is 4.97. The molecule has 10 heteroatoms. The van der Waals surface area contributed by atoms with Crippen molar-refractivity contribution in [3.8, 4) is 11.5 Å². The minimum atomic E-state index is -3.14. The van der Waals surface area contributed by atoms with Gasteiger partial charge in [-0.2, -0.15) is 0 Å². The van der Waals surface area contributed by atoms with Gasteiger partial charge in [-0.15, -0.1) is 0 Å². The van der Waals surface area contributed by atoms with Crippen molar-refractivity contribution in [2.45, 2.75) is 30.9 Å². The average molecular weight is 426 g/mol. The number of carbonyl (C=O) groups is 2. The van der Waals surface area contributed by atoms with Gasteiger partial charge in [0.2, 0.25) is 10.0 Å². The van der Waals surface area contributed by atoms with Crippen LogP contribution in [0.5, 0.6) is 11.5 Å². The van der Waals surface area contributed by atoms with Gasteiger partial charge < -0.3 is 20.1 Å². The number of hydrogen-bond acceptors (Lipinski definition) is 6. The third-order valence-corrected chi connectivity index (χ3v) is 7.68. The first-order valence-corrected chi connectivity index (χ1v) is 11.2. The van der Waals surface area contributed by atoms with E-state index < -0.39 is 21.8 Å². The van der Waals surface area contributed by atoms with E-state index in [1.165, 1.54) is 14.2 Å². The molecule has 1 aromatic carbocycles. The summed E-state index contributed by atoms with van der Waals surface area (Å²) in [6.45, 7) is 1.28. The summed E-state index contributed by atoms with van der Waals surface area (Å²) in [6.07, 6.45) is 2.86. The van der Waals surface area contributed by atoms with Gasteiger partial charge in [0.15, 0.2) is 11.5 Å². The first-order chi connectivity index (χ1) is 13.8. The zero-order chi connectivity index (χ0) is 21.0. The Bertz CT molecular complexity index is 861. The molecule has 1 heterocycles. The lowest BCUT2D eigenvalue weighted by Gasteiger charge is -2.31. The Labute approximate surface area is 170 Å². The Balaban J connectivity index is 1.44. The molecule has 1 saturated carbocycles. The van der Waals surface area contributed by atoms with Crippen molar-refractivity contribution >= 4 is 27.5 Å². The maximum Gasteiger partial charge on any atom is 0.313 e. The lowest BCUT2D eigenvalue weighted by molar-refractivity contribution is -0.136. The van der Waals surface area contributed by atoms with Crippen LogP contribution in [0.2, 0.25) is 0 Å². The lowest BCUT2D eigenvalue weighted by atomic mass is 9.98. The number of nitrogens with one attached hydrogen (secondary N) is 2. The molecule has 2 fully saturated rings. The van der Waals surface area contributed by atoms with Gasteiger partial charge in [-0.1, -0.05) is 0 Å². The van der Waals surface area contributed by atoms with E-state index in [-0.39, 0.29) is 11.2 Å². The van der Waals surface area contributed by atoms with E-state index in [1.807, 2.05) is 0 Å². The molecule has 3 rings (SSSR count). The highest BCUT2D eigenvalue weighted by Crippen LogP contribution is 2.33. The van der Waals surface area contributed by atoms with E-state index in [9.17, 15) is 18.0 Å². The number of piperidine rings is 1. The molecule has 160 valence electrons. The summed E-state index contributed by atoms with van der Waals surface area (Å²) < 4.78 is 36.4. The van der Waals surface area contributed by atoms with Gasteiger partial charge in [0.05, 0.1) is 19.5 Å². The Hall–Kier alpha value is -2.33. The number of carbonyl (C=O) groups excluding carboxylic acids is 2. The Morgan fingerprint density at radius 2 is 1.69 bits per heavy atom. The highest BCUT2D eigenvalue weighted by atomic mass is 32.2. The van der Waals surface area contributed by atoms with Crippen LogP contribution in [-0.4, -0.2) is 63.6 Å². The smallest absolute Gasteiger partial charge is 0.313 e. The molecule has 0 unspecified atom stereocenters. The third-order valence-electron chi connectivity index (χ3n) is 5.28. The van der Waals surface area contributed by atoms with Gasteiger partial charge >= 0.3 is 11.8 Å². The summed E-state index contributed by atoms with van der Waals surface area (Å²) in [5.74, 6) is -0.388. The average Bonchev–Trinajstić information content (AvgIpc) is 3.58. The van der Waals surface area contributed by atoms with Gasteiger partial charge in [0, 0.05) is 31.4 Å². The Morgan fingerprint density at radius 3 is 2.28 bits per heavy atom. The fraction of sp³-hybridized carbons (Fsp3) is 0.579. The van der Waals surface area contributed by atoms with Crippen molar-refractivity contribution in [2.24, 2.45) is 5.92 Å². The van der Waals surface area contributed by atoms with Crippen molar-refractivity contribution in [1.29, 1.82) is 0 Å². The molecule has 0 aromatic heterocycles. The molecule has 2 aliphatic rings. The number of hydrogen-bond donors (Lipinski definition) is 2. The van der Waals surface area contributed by atoms with E-state index in [0.717, 1.165) is 12.8 Å². The summed E-state index contributed by atoms with van der Waals surface area (Å²) >= 11 is 0.